The molecule has 98 valence electrons. The highest BCUT2D eigenvalue weighted by molar-refractivity contribution is 9.10. The van der Waals surface area contributed by atoms with Crippen molar-refractivity contribution in [1.29, 1.82) is 0 Å². The number of aliphatic carboxylic acids is 1. The van der Waals surface area contributed by atoms with E-state index in [0.29, 0.717) is 0 Å². The summed E-state index contributed by atoms with van der Waals surface area (Å²) < 4.78 is 0.988. The van der Waals surface area contributed by atoms with Crippen molar-refractivity contribution in [2.75, 3.05) is 0 Å². The number of carboxylic acid groups (broad SMARTS) is 1. The average molecular weight is 356 g/mol. The second-order valence-electron chi connectivity index (χ2n) is 3.55. The molecule has 0 atom stereocenters. The van der Waals surface area contributed by atoms with Gasteiger partial charge in [-0.3, -0.25) is 0 Å². The van der Waals surface area contributed by atoms with Gasteiger partial charge in [0.05, 0.1) is 0 Å². The summed E-state index contributed by atoms with van der Waals surface area (Å²) in [5, 5.41) is 9.52. The lowest BCUT2D eigenvalue weighted by Crippen LogP contribution is -1.84. The molecule has 0 unspecified atom stereocenters. The van der Waals surface area contributed by atoms with E-state index in [1.807, 2.05) is 24.3 Å². The molecule has 0 bridgehead atoms. The minimum Gasteiger partial charge on any atom is -0.478 e. The number of rotatable bonds is 5. The monoisotopic (exact) mass is 355 g/mol. The quantitative estimate of drug-likeness (QED) is 0.641. The molecule has 3 nitrogen and oxygen atoms in total. The van der Waals surface area contributed by atoms with Gasteiger partial charge in [-0.05, 0) is 46.3 Å². The molecule has 0 aliphatic carbocycles. The highest BCUT2D eigenvalue weighted by Crippen LogP contribution is 2.30. The minimum atomic E-state index is -0.929. The van der Waals surface area contributed by atoms with Gasteiger partial charge in [-0.1, -0.05) is 11.8 Å². The number of carboxylic acids is 1. The van der Waals surface area contributed by atoms with E-state index in [9.17, 15) is 4.79 Å². The molecule has 0 saturated heterocycles. The lowest BCUT2D eigenvalue weighted by Gasteiger charge is -2.00. The first-order chi connectivity index (χ1) is 9.15. The second kappa shape index (κ2) is 6.88. The molecule has 0 aliphatic heterocycles. The Morgan fingerprint density at radius 1 is 1.47 bits per heavy atom. The van der Waals surface area contributed by atoms with Crippen LogP contribution in [0.4, 0.5) is 0 Å². The van der Waals surface area contributed by atoms with E-state index in [1.165, 1.54) is 4.88 Å². The summed E-state index contributed by atoms with van der Waals surface area (Å²) in [5.41, 5.74) is 0. The Morgan fingerprint density at radius 3 is 3.05 bits per heavy atom. The Labute approximate surface area is 127 Å². The van der Waals surface area contributed by atoms with Gasteiger partial charge in [-0.2, -0.15) is 0 Å². The number of thiophene rings is 1. The van der Waals surface area contributed by atoms with Gasteiger partial charge >= 0.3 is 5.97 Å². The van der Waals surface area contributed by atoms with Gasteiger partial charge in [0, 0.05) is 32.3 Å². The van der Waals surface area contributed by atoms with Crippen molar-refractivity contribution in [3.05, 3.63) is 50.8 Å². The normalized spacial score (nSPS) is 11.0. The number of hydrogen-bond acceptors (Lipinski definition) is 4. The van der Waals surface area contributed by atoms with Gasteiger partial charge in [-0.25, -0.2) is 9.78 Å². The number of hydrogen-bond donors (Lipinski definition) is 1. The number of halogens is 1. The van der Waals surface area contributed by atoms with Crippen molar-refractivity contribution in [2.24, 2.45) is 0 Å². The van der Waals surface area contributed by atoms with Crippen LogP contribution < -0.4 is 0 Å². The molecular weight excluding hydrogens is 346 g/mol. The highest BCUT2D eigenvalue weighted by Gasteiger charge is 2.04. The number of carbonyl (C=O) groups is 1. The third kappa shape index (κ3) is 4.49. The Hall–Kier alpha value is -1.11. The van der Waals surface area contributed by atoms with E-state index in [4.69, 9.17) is 5.11 Å². The van der Waals surface area contributed by atoms with E-state index in [-0.39, 0.29) is 0 Å². The van der Waals surface area contributed by atoms with Crippen molar-refractivity contribution < 1.29 is 9.90 Å². The standard InChI is InChI=1S/C13H10BrNO2S2/c14-11-2-1-7-15-13(11)18-8-10-4-3-9(19-10)5-6-12(16)17/h1-7H,8H2,(H,16,17). The first-order valence-corrected chi connectivity index (χ1v) is 7.97. The SMILES string of the molecule is O=C(O)C=Cc1ccc(CSc2ncccc2Br)s1. The summed E-state index contributed by atoms with van der Waals surface area (Å²) >= 11 is 6.70. The van der Waals surface area contributed by atoms with E-state index in [2.05, 4.69) is 20.9 Å². The fourth-order valence-corrected chi connectivity index (χ4v) is 3.77. The highest BCUT2D eigenvalue weighted by atomic mass is 79.9. The second-order valence-corrected chi connectivity index (χ2v) is 6.57. The largest absolute Gasteiger partial charge is 0.478 e. The minimum absolute atomic E-state index is 0.821. The lowest BCUT2D eigenvalue weighted by atomic mass is 10.4. The Bertz CT molecular complexity index is 610. The van der Waals surface area contributed by atoms with Crippen molar-refractivity contribution in [1.82, 2.24) is 4.98 Å². The zero-order valence-corrected chi connectivity index (χ0v) is 13.0. The summed E-state index contributed by atoms with van der Waals surface area (Å²) in [6, 6.07) is 7.78. The Morgan fingerprint density at radius 2 is 2.32 bits per heavy atom. The van der Waals surface area contributed by atoms with Gasteiger partial charge in [0.2, 0.25) is 0 Å². The van der Waals surface area contributed by atoms with Gasteiger partial charge in [0.15, 0.2) is 0 Å². The molecular formula is C13H10BrNO2S2. The molecule has 2 aromatic heterocycles. The Balaban J connectivity index is 1.97. The molecule has 2 rings (SSSR count). The van der Waals surface area contributed by atoms with E-state index in [0.717, 1.165) is 26.2 Å². The fourth-order valence-electron chi connectivity index (χ4n) is 1.33. The van der Waals surface area contributed by atoms with Crippen molar-refractivity contribution in [3.8, 4) is 0 Å². The van der Waals surface area contributed by atoms with Crippen LogP contribution in [0.5, 0.6) is 0 Å². The van der Waals surface area contributed by atoms with Crippen LogP contribution in [0, 0.1) is 0 Å². The zero-order chi connectivity index (χ0) is 13.7. The van der Waals surface area contributed by atoms with Gasteiger partial charge in [-0.15, -0.1) is 11.3 Å². The predicted octanol–water partition coefficient (Wildman–Crippen LogP) is 4.30. The van der Waals surface area contributed by atoms with Crippen LogP contribution in [0.1, 0.15) is 9.75 Å². The van der Waals surface area contributed by atoms with Crippen LogP contribution in [-0.2, 0) is 10.5 Å². The van der Waals surface area contributed by atoms with Crippen molar-refractivity contribution in [3.63, 3.8) is 0 Å². The third-order valence-electron chi connectivity index (χ3n) is 2.15. The molecule has 2 aromatic rings. The zero-order valence-electron chi connectivity index (χ0n) is 9.75. The number of pyridine rings is 1. The molecule has 0 aromatic carbocycles. The van der Waals surface area contributed by atoms with E-state index in [1.54, 1.807) is 35.4 Å². The van der Waals surface area contributed by atoms with Gasteiger partial charge in [0.25, 0.3) is 0 Å². The Kier molecular flexibility index (Phi) is 5.18. The maximum Gasteiger partial charge on any atom is 0.328 e. The molecule has 0 aliphatic rings. The number of aromatic nitrogens is 1. The van der Waals surface area contributed by atoms with Crippen LogP contribution in [0.25, 0.3) is 6.08 Å². The van der Waals surface area contributed by atoms with Crippen LogP contribution in [0.2, 0.25) is 0 Å². The smallest absolute Gasteiger partial charge is 0.328 e. The molecule has 0 radical (unpaired) electrons. The fraction of sp³-hybridized carbons (Fsp3) is 0.0769. The molecule has 0 saturated carbocycles. The predicted molar refractivity (Wildman–Crippen MR) is 82.5 cm³/mol. The molecule has 6 heteroatoms. The van der Waals surface area contributed by atoms with Crippen LogP contribution in [0.15, 0.2) is 46.0 Å². The lowest BCUT2D eigenvalue weighted by molar-refractivity contribution is -0.131. The molecule has 19 heavy (non-hydrogen) atoms. The molecule has 0 spiro atoms. The topological polar surface area (TPSA) is 50.2 Å². The van der Waals surface area contributed by atoms with Crippen molar-refractivity contribution >= 4 is 51.1 Å². The molecule has 2 heterocycles. The first-order valence-electron chi connectivity index (χ1n) is 5.38. The summed E-state index contributed by atoms with van der Waals surface area (Å²) in [4.78, 5) is 16.8. The third-order valence-corrected chi connectivity index (χ3v) is 5.34. The number of thioether (sulfide) groups is 1. The molecule has 0 amide bonds. The average Bonchev–Trinajstić information content (AvgIpc) is 2.83. The van der Waals surface area contributed by atoms with E-state index >= 15 is 0 Å². The first kappa shape index (κ1) is 14.3. The van der Waals surface area contributed by atoms with Gasteiger partial charge < -0.3 is 5.11 Å². The summed E-state index contributed by atoms with van der Waals surface area (Å²) in [5.74, 6) is -0.108. The molecule has 1 N–H and O–H groups in total. The molecule has 0 fully saturated rings. The van der Waals surface area contributed by atoms with Crippen LogP contribution in [0.3, 0.4) is 0 Å². The van der Waals surface area contributed by atoms with Gasteiger partial charge in [0.1, 0.15) is 5.03 Å². The number of nitrogens with zero attached hydrogens (tertiary/aromatic N) is 1. The summed E-state index contributed by atoms with van der Waals surface area (Å²) in [6.45, 7) is 0. The maximum absolute atomic E-state index is 10.4. The maximum atomic E-state index is 10.4. The summed E-state index contributed by atoms with van der Waals surface area (Å²) in [7, 11) is 0. The van der Waals surface area contributed by atoms with Crippen LogP contribution in [-0.4, -0.2) is 16.1 Å². The van der Waals surface area contributed by atoms with Crippen molar-refractivity contribution in [2.45, 2.75) is 10.8 Å². The van der Waals surface area contributed by atoms with E-state index < -0.39 is 5.97 Å². The summed E-state index contributed by atoms with van der Waals surface area (Å²) in [6.07, 6.45) is 4.53. The van der Waals surface area contributed by atoms with Crippen LogP contribution >= 0.6 is 39.0 Å².